The van der Waals surface area contributed by atoms with Crippen molar-refractivity contribution in [2.45, 2.75) is 0 Å². The second kappa shape index (κ2) is 12.8. The Morgan fingerprint density at radius 3 is 2.27 bits per heavy atom. The maximum absolute atomic E-state index is 13.4. The van der Waals surface area contributed by atoms with Crippen LogP contribution >= 0.6 is 0 Å². The Kier molecular flexibility index (Phi) is 9.05. The van der Waals surface area contributed by atoms with Crippen LogP contribution in [0.3, 0.4) is 0 Å². The molecule has 3 aromatic carbocycles. The molecule has 0 unspecified atom stereocenters. The first-order valence-corrected chi connectivity index (χ1v) is 12.5. The Balaban J connectivity index is 1.37. The van der Waals surface area contributed by atoms with Gasteiger partial charge in [-0.1, -0.05) is 48.6 Å². The van der Waals surface area contributed by atoms with Crippen molar-refractivity contribution >= 4 is 17.9 Å². The number of halogens is 1. The highest BCUT2D eigenvalue weighted by Crippen LogP contribution is 2.19. The van der Waals surface area contributed by atoms with Crippen LogP contribution in [0.5, 0.6) is 5.75 Å². The number of carbonyl (C=O) groups excluding carboxylic acids is 2. The number of amides is 2. The van der Waals surface area contributed by atoms with Crippen molar-refractivity contribution < 1.29 is 18.7 Å². The molecule has 0 bridgehead atoms. The van der Waals surface area contributed by atoms with Crippen LogP contribution in [-0.4, -0.2) is 79.4 Å². The third kappa shape index (κ3) is 7.05. The molecule has 192 valence electrons. The third-order valence-electron chi connectivity index (χ3n) is 6.51. The van der Waals surface area contributed by atoms with Crippen molar-refractivity contribution in [3.8, 4) is 5.75 Å². The van der Waals surface area contributed by atoms with Crippen LogP contribution in [0.1, 0.15) is 26.3 Å². The Morgan fingerprint density at radius 1 is 0.892 bits per heavy atom. The lowest BCUT2D eigenvalue weighted by Crippen LogP contribution is -2.50. The zero-order valence-corrected chi connectivity index (χ0v) is 21.1. The highest BCUT2D eigenvalue weighted by Gasteiger charge is 2.23. The molecule has 1 fully saturated rings. The number of hydrogen-bond donors (Lipinski definition) is 0. The van der Waals surface area contributed by atoms with Gasteiger partial charge < -0.3 is 14.5 Å². The van der Waals surface area contributed by atoms with Gasteiger partial charge in [-0.15, -0.1) is 0 Å². The van der Waals surface area contributed by atoms with Crippen LogP contribution in [0, 0.1) is 5.82 Å². The predicted octanol–water partition coefficient (Wildman–Crippen LogP) is 4.45. The molecule has 0 radical (unpaired) electrons. The van der Waals surface area contributed by atoms with E-state index in [1.807, 2.05) is 71.6 Å². The average Bonchev–Trinajstić information content (AvgIpc) is 2.95. The van der Waals surface area contributed by atoms with Gasteiger partial charge in [0.05, 0.1) is 7.11 Å². The number of nitrogens with zero attached hydrogens (tertiary/aromatic N) is 3. The van der Waals surface area contributed by atoms with E-state index in [9.17, 15) is 14.0 Å². The van der Waals surface area contributed by atoms with Gasteiger partial charge in [-0.25, -0.2) is 4.39 Å². The molecule has 0 spiro atoms. The molecule has 4 rings (SSSR count). The first kappa shape index (κ1) is 26.1. The number of piperazine rings is 1. The normalized spacial score (nSPS) is 14.1. The van der Waals surface area contributed by atoms with Crippen molar-refractivity contribution in [1.82, 2.24) is 14.7 Å². The van der Waals surface area contributed by atoms with Gasteiger partial charge in [0.25, 0.3) is 11.8 Å². The zero-order valence-electron chi connectivity index (χ0n) is 21.1. The van der Waals surface area contributed by atoms with Gasteiger partial charge in [0.1, 0.15) is 11.6 Å². The molecule has 0 saturated carbocycles. The van der Waals surface area contributed by atoms with Gasteiger partial charge in [-0.05, 0) is 42.5 Å². The first-order valence-electron chi connectivity index (χ1n) is 12.5. The molecule has 7 heteroatoms. The van der Waals surface area contributed by atoms with Gasteiger partial charge in [0.15, 0.2) is 0 Å². The van der Waals surface area contributed by atoms with E-state index in [0.717, 1.165) is 24.4 Å². The predicted molar refractivity (Wildman–Crippen MR) is 143 cm³/mol. The van der Waals surface area contributed by atoms with Crippen molar-refractivity contribution in [2.75, 3.05) is 52.9 Å². The number of benzene rings is 3. The maximum atomic E-state index is 13.4. The Labute approximate surface area is 217 Å². The van der Waals surface area contributed by atoms with Crippen molar-refractivity contribution in [1.29, 1.82) is 0 Å². The SMILES string of the molecule is COc1ccccc1/C=C/CN(CCN1CCN(C(=O)c2ccccc2)CC1)C(=O)c1ccc(F)cc1. The van der Waals surface area contributed by atoms with Crippen LogP contribution in [0.2, 0.25) is 0 Å². The van der Waals surface area contributed by atoms with Crippen molar-refractivity contribution in [2.24, 2.45) is 0 Å². The quantitative estimate of drug-likeness (QED) is 0.435. The highest BCUT2D eigenvalue weighted by molar-refractivity contribution is 5.94. The molecule has 37 heavy (non-hydrogen) atoms. The number of methoxy groups -OCH3 is 1. The van der Waals surface area contributed by atoms with E-state index in [1.165, 1.54) is 24.3 Å². The lowest BCUT2D eigenvalue weighted by atomic mass is 10.1. The zero-order chi connectivity index (χ0) is 26.0. The molecule has 2 amide bonds. The minimum atomic E-state index is -0.373. The summed E-state index contributed by atoms with van der Waals surface area (Å²) < 4.78 is 18.8. The minimum Gasteiger partial charge on any atom is -0.496 e. The van der Waals surface area contributed by atoms with Crippen LogP contribution in [-0.2, 0) is 0 Å². The van der Waals surface area contributed by atoms with E-state index in [4.69, 9.17) is 4.74 Å². The monoisotopic (exact) mass is 501 g/mol. The molecule has 0 N–H and O–H groups in total. The molecular weight excluding hydrogens is 469 g/mol. The lowest BCUT2D eigenvalue weighted by molar-refractivity contribution is 0.0609. The van der Waals surface area contributed by atoms with Crippen molar-refractivity contribution in [3.63, 3.8) is 0 Å². The molecule has 1 saturated heterocycles. The van der Waals surface area contributed by atoms with Crippen LogP contribution < -0.4 is 4.74 Å². The van der Waals surface area contributed by atoms with E-state index >= 15 is 0 Å². The Hall–Kier alpha value is -3.97. The molecule has 3 aromatic rings. The Bertz CT molecular complexity index is 1210. The Morgan fingerprint density at radius 2 is 1.57 bits per heavy atom. The van der Waals surface area contributed by atoms with E-state index in [1.54, 1.807) is 12.0 Å². The van der Waals surface area contributed by atoms with E-state index in [0.29, 0.717) is 43.9 Å². The smallest absolute Gasteiger partial charge is 0.254 e. The van der Waals surface area contributed by atoms with Gasteiger partial charge in [-0.2, -0.15) is 0 Å². The fourth-order valence-electron chi connectivity index (χ4n) is 4.36. The molecule has 6 nitrogen and oxygen atoms in total. The number of para-hydroxylation sites is 1. The molecule has 0 aromatic heterocycles. The van der Waals surface area contributed by atoms with Gasteiger partial charge in [-0.3, -0.25) is 14.5 Å². The topological polar surface area (TPSA) is 53.1 Å². The standard InChI is InChI=1S/C30H32FN3O3/c1-37-28-12-6-5-8-24(28)11-7-17-33(30(36)26-13-15-27(31)16-14-26)21-18-32-19-22-34(23-20-32)29(35)25-9-3-2-4-10-25/h2-16H,17-23H2,1H3/b11-7+. The fraction of sp³-hybridized carbons (Fsp3) is 0.267. The third-order valence-corrected chi connectivity index (χ3v) is 6.51. The molecule has 1 aliphatic heterocycles. The summed E-state index contributed by atoms with van der Waals surface area (Å²) in [5, 5.41) is 0. The molecule has 0 atom stereocenters. The summed E-state index contributed by atoms with van der Waals surface area (Å²) in [6.07, 6.45) is 3.88. The molecular formula is C30H32FN3O3. The number of carbonyl (C=O) groups is 2. The van der Waals surface area contributed by atoms with Gasteiger partial charge >= 0.3 is 0 Å². The highest BCUT2D eigenvalue weighted by atomic mass is 19.1. The summed E-state index contributed by atoms with van der Waals surface area (Å²) in [5.74, 6) is 0.289. The summed E-state index contributed by atoms with van der Waals surface area (Å²) in [5.41, 5.74) is 2.08. The van der Waals surface area contributed by atoms with E-state index < -0.39 is 0 Å². The molecule has 1 aliphatic rings. The van der Waals surface area contributed by atoms with E-state index in [-0.39, 0.29) is 17.6 Å². The molecule has 1 heterocycles. The van der Waals surface area contributed by atoms with Gasteiger partial charge in [0.2, 0.25) is 0 Å². The van der Waals surface area contributed by atoms with Crippen LogP contribution in [0.25, 0.3) is 6.08 Å². The summed E-state index contributed by atoms with van der Waals surface area (Å²) in [6.45, 7) is 4.38. The lowest BCUT2D eigenvalue weighted by Gasteiger charge is -2.35. The van der Waals surface area contributed by atoms with Crippen molar-refractivity contribution in [3.05, 3.63) is 107 Å². The van der Waals surface area contributed by atoms with Crippen LogP contribution in [0.4, 0.5) is 4.39 Å². The summed E-state index contributed by atoms with van der Waals surface area (Å²) in [4.78, 5) is 31.9. The maximum Gasteiger partial charge on any atom is 0.254 e. The number of rotatable bonds is 9. The summed E-state index contributed by atoms with van der Waals surface area (Å²) >= 11 is 0. The first-order chi connectivity index (χ1) is 18.0. The summed E-state index contributed by atoms with van der Waals surface area (Å²) in [6, 6.07) is 22.7. The summed E-state index contributed by atoms with van der Waals surface area (Å²) in [7, 11) is 1.63. The molecule has 0 aliphatic carbocycles. The van der Waals surface area contributed by atoms with Crippen LogP contribution in [0.15, 0.2) is 84.9 Å². The number of hydrogen-bond acceptors (Lipinski definition) is 4. The van der Waals surface area contributed by atoms with Gasteiger partial charge in [0, 0.05) is 62.5 Å². The minimum absolute atomic E-state index is 0.0508. The number of ether oxygens (including phenoxy) is 1. The largest absolute Gasteiger partial charge is 0.496 e. The fourth-order valence-corrected chi connectivity index (χ4v) is 4.36. The average molecular weight is 502 g/mol. The second-order valence-corrected chi connectivity index (χ2v) is 8.90. The second-order valence-electron chi connectivity index (χ2n) is 8.90. The van der Waals surface area contributed by atoms with E-state index in [2.05, 4.69) is 4.90 Å².